The highest BCUT2D eigenvalue weighted by molar-refractivity contribution is 8.17. The van der Waals surface area contributed by atoms with E-state index in [1.54, 1.807) is 35.7 Å². The van der Waals surface area contributed by atoms with Crippen LogP contribution in [0.5, 0.6) is 0 Å². The number of hydrogen-bond donors (Lipinski definition) is 0. The summed E-state index contributed by atoms with van der Waals surface area (Å²) in [6.07, 6.45) is 1.40. The first-order chi connectivity index (χ1) is 17.7. The fraction of sp³-hybridized carbons (Fsp3) is 0.345. The zero-order chi connectivity index (χ0) is 26.4. The average Bonchev–Trinajstić information content (AvgIpc) is 2.86. The lowest BCUT2D eigenvalue weighted by atomic mass is 10.0. The van der Waals surface area contributed by atoms with Crippen molar-refractivity contribution in [3.8, 4) is 0 Å². The van der Waals surface area contributed by atoms with Crippen LogP contribution in [0.15, 0.2) is 76.6 Å². The second-order valence-electron chi connectivity index (χ2n) is 9.19. The second-order valence-corrected chi connectivity index (χ2v) is 12.3. The van der Waals surface area contributed by atoms with Crippen molar-refractivity contribution in [3.63, 3.8) is 0 Å². The number of nitrogens with zero attached hydrogens (tertiary/aromatic N) is 1. The van der Waals surface area contributed by atoms with Crippen LogP contribution in [0.4, 0.5) is 27.6 Å². The lowest BCUT2D eigenvalue weighted by molar-refractivity contribution is -0.137. The summed E-state index contributed by atoms with van der Waals surface area (Å²) in [5, 5.41) is 0.435. The monoisotopic (exact) mass is 549 g/mol. The number of rotatable bonds is 8. The molecule has 0 N–H and O–H groups in total. The van der Waals surface area contributed by atoms with Crippen LogP contribution in [0.1, 0.15) is 55.2 Å². The van der Waals surface area contributed by atoms with Gasteiger partial charge in [-0.25, -0.2) is 8.78 Å². The Hall–Kier alpha value is -2.32. The number of halogens is 5. The SMILES string of the molecule is Cc1ccc(N=C(CC(Sc2ccc(F)cc2)SC2CCCCC2)c2ccc(C(F)(F)F)cc2F)cc1. The molecule has 3 aromatic carbocycles. The highest BCUT2D eigenvalue weighted by Gasteiger charge is 2.32. The van der Waals surface area contributed by atoms with Crippen LogP contribution in [0.25, 0.3) is 0 Å². The summed E-state index contributed by atoms with van der Waals surface area (Å²) >= 11 is 3.35. The molecule has 1 atom stereocenters. The molecule has 0 heterocycles. The van der Waals surface area contributed by atoms with E-state index in [2.05, 4.69) is 0 Å². The third-order valence-electron chi connectivity index (χ3n) is 6.24. The maximum absolute atomic E-state index is 15.1. The number of aryl methyl sites for hydroxylation is 1. The topological polar surface area (TPSA) is 12.4 Å². The Morgan fingerprint density at radius 2 is 1.59 bits per heavy atom. The number of benzene rings is 3. The minimum Gasteiger partial charge on any atom is -0.253 e. The molecule has 4 rings (SSSR count). The molecule has 0 radical (unpaired) electrons. The fourth-order valence-corrected chi connectivity index (χ4v) is 7.43. The van der Waals surface area contributed by atoms with Gasteiger partial charge >= 0.3 is 6.18 Å². The smallest absolute Gasteiger partial charge is 0.253 e. The largest absolute Gasteiger partial charge is 0.416 e. The van der Waals surface area contributed by atoms with Crippen molar-refractivity contribution >= 4 is 34.9 Å². The standard InChI is InChI=1S/C29H28F5NS2/c1-19-7-12-22(13-8-19)35-27(25-16-9-20(17-26(25)31)29(32,33)34)18-28(36-23-5-3-2-4-6-23)37-24-14-10-21(30)11-15-24/h7-17,23,28H,2-6,18H2,1H3. The van der Waals surface area contributed by atoms with Crippen molar-refractivity contribution < 1.29 is 22.0 Å². The van der Waals surface area contributed by atoms with Crippen molar-refractivity contribution in [3.05, 3.63) is 95.1 Å². The molecular weight excluding hydrogens is 521 g/mol. The summed E-state index contributed by atoms with van der Waals surface area (Å²) in [7, 11) is 0. The van der Waals surface area contributed by atoms with Gasteiger partial charge in [0.25, 0.3) is 0 Å². The van der Waals surface area contributed by atoms with Gasteiger partial charge in [0.05, 0.1) is 21.5 Å². The van der Waals surface area contributed by atoms with Crippen LogP contribution in [-0.2, 0) is 6.18 Å². The summed E-state index contributed by atoms with van der Waals surface area (Å²) in [6.45, 7) is 1.94. The van der Waals surface area contributed by atoms with Gasteiger partial charge in [0.15, 0.2) is 0 Å². The number of hydrogen-bond acceptors (Lipinski definition) is 3. The van der Waals surface area contributed by atoms with Gasteiger partial charge in [-0.05, 0) is 74.4 Å². The summed E-state index contributed by atoms with van der Waals surface area (Å²) in [4.78, 5) is 5.59. The Balaban J connectivity index is 1.70. The molecular formula is C29H28F5NS2. The van der Waals surface area contributed by atoms with Crippen molar-refractivity contribution in [2.75, 3.05) is 0 Å². The molecule has 1 saturated carbocycles. The Morgan fingerprint density at radius 3 is 2.22 bits per heavy atom. The molecule has 1 nitrogen and oxygen atoms in total. The fourth-order valence-electron chi connectivity index (χ4n) is 4.27. The first-order valence-corrected chi connectivity index (χ1v) is 14.1. The molecule has 3 aromatic rings. The third-order valence-corrected chi connectivity index (χ3v) is 9.17. The molecule has 0 bridgehead atoms. The predicted molar refractivity (Wildman–Crippen MR) is 144 cm³/mol. The van der Waals surface area contributed by atoms with E-state index in [9.17, 15) is 17.6 Å². The molecule has 8 heteroatoms. The van der Waals surface area contributed by atoms with Gasteiger partial charge in [0.2, 0.25) is 0 Å². The van der Waals surface area contributed by atoms with Crippen molar-refractivity contribution in [1.82, 2.24) is 0 Å². The number of aliphatic imine (C=N–C) groups is 1. The first-order valence-electron chi connectivity index (χ1n) is 12.3. The average molecular weight is 550 g/mol. The van der Waals surface area contributed by atoms with Crippen LogP contribution in [-0.4, -0.2) is 15.5 Å². The Kier molecular flexibility index (Phi) is 9.35. The van der Waals surface area contributed by atoms with Gasteiger partial charge in [-0.15, -0.1) is 23.5 Å². The molecule has 196 valence electrons. The lowest BCUT2D eigenvalue weighted by Gasteiger charge is -2.26. The van der Waals surface area contributed by atoms with E-state index in [-0.39, 0.29) is 16.0 Å². The molecule has 0 saturated heterocycles. The molecule has 1 fully saturated rings. The zero-order valence-electron chi connectivity index (χ0n) is 20.4. The van der Waals surface area contributed by atoms with E-state index in [1.807, 2.05) is 31.2 Å². The molecule has 1 unspecified atom stereocenters. The molecule has 37 heavy (non-hydrogen) atoms. The predicted octanol–water partition coefficient (Wildman–Crippen LogP) is 9.99. The van der Waals surface area contributed by atoms with Crippen LogP contribution < -0.4 is 0 Å². The van der Waals surface area contributed by atoms with E-state index in [1.165, 1.54) is 24.6 Å². The highest BCUT2D eigenvalue weighted by atomic mass is 32.2. The Labute approximate surface area is 223 Å². The van der Waals surface area contributed by atoms with Gasteiger partial charge in [-0.3, -0.25) is 4.99 Å². The highest BCUT2D eigenvalue weighted by Crippen LogP contribution is 2.41. The maximum atomic E-state index is 15.1. The molecule has 0 aromatic heterocycles. The zero-order valence-corrected chi connectivity index (χ0v) is 22.0. The molecule has 0 amide bonds. The summed E-state index contributed by atoms with van der Waals surface area (Å²) in [5.74, 6) is -1.27. The van der Waals surface area contributed by atoms with Crippen LogP contribution in [0.3, 0.4) is 0 Å². The van der Waals surface area contributed by atoms with Crippen molar-refractivity contribution in [1.29, 1.82) is 0 Å². The second kappa shape index (κ2) is 12.5. The minimum atomic E-state index is -4.63. The van der Waals surface area contributed by atoms with Gasteiger partial charge in [-0.2, -0.15) is 13.2 Å². The molecule has 0 spiro atoms. The van der Waals surface area contributed by atoms with Gasteiger partial charge in [0.1, 0.15) is 11.6 Å². The third kappa shape index (κ3) is 8.08. The number of thioether (sulfide) groups is 2. The first kappa shape index (κ1) is 27.7. The number of alkyl halides is 3. The van der Waals surface area contributed by atoms with Crippen LogP contribution in [0, 0.1) is 18.6 Å². The Bertz CT molecular complexity index is 1200. The normalized spacial score (nSPS) is 16.1. The lowest BCUT2D eigenvalue weighted by Crippen LogP contribution is -2.17. The van der Waals surface area contributed by atoms with Gasteiger partial charge in [-0.1, -0.05) is 37.0 Å². The van der Waals surface area contributed by atoms with E-state index < -0.39 is 17.6 Å². The van der Waals surface area contributed by atoms with Crippen LogP contribution >= 0.6 is 23.5 Å². The molecule has 1 aliphatic carbocycles. The Morgan fingerprint density at radius 1 is 0.919 bits per heavy atom. The minimum absolute atomic E-state index is 0.0579. The van der Waals surface area contributed by atoms with E-state index in [0.29, 0.717) is 29.1 Å². The quantitative estimate of drug-likeness (QED) is 0.120. The van der Waals surface area contributed by atoms with Crippen molar-refractivity contribution in [2.45, 2.75) is 66.4 Å². The van der Waals surface area contributed by atoms with Gasteiger partial charge in [0, 0.05) is 22.1 Å². The molecule has 1 aliphatic rings. The van der Waals surface area contributed by atoms with E-state index in [4.69, 9.17) is 4.99 Å². The summed E-state index contributed by atoms with van der Waals surface area (Å²) in [6, 6.07) is 16.3. The van der Waals surface area contributed by atoms with E-state index in [0.717, 1.165) is 42.2 Å². The van der Waals surface area contributed by atoms with E-state index >= 15 is 4.39 Å². The van der Waals surface area contributed by atoms with Crippen molar-refractivity contribution in [2.24, 2.45) is 4.99 Å². The maximum Gasteiger partial charge on any atom is 0.416 e. The summed E-state index contributed by atoms with van der Waals surface area (Å²) in [5.41, 5.74) is 1.06. The molecule has 0 aliphatic heterocycles. The summed E-state index contributed by atoms with van der Waals surface area (Å²) < 4.78 is 68.2. The van der Waals surface area contributed by atoms with Gasteiger partial charge < -0.3 is 0 Å². The van der Waals surface area contributed by atoms with Crippen LogP contribution in [0.2, 0.25) is 0 Å².